The van der Waals surface area contributed by atoms with Crippen LogP contribution in [0.25, 0.3) is 0 Å². The van der Waals surface area contributed by atoms with Crippen LogP contribution in [-0.4, -0.2) is 38.5 Å². The van der Waals surface area contributed by atoms with Crippen molar-refractivity contribution in [1.82, 2.24) is 10.0 Å². The van der Waals surface area contributed by atoms with Crippen molar-refractivity contribution in [3.63, 3.8) is 0 Å². The number of carbonyl (C=O) groups is 2. The summed E-state index contributed by atoms with van der Waals surface area (Å²) < 4.78 is 6.17. The van der Waals surface area contributed by atoms with Crippen LogP contribution in [0, 0.1) is 12.8 Å². The summed E-state index contributed by atoms with van der Waals surface area (Å²) in [6.45, 7) is 10.6. The van der Waals surface area contributed by atoms with Crippen LogP contribution in [0.4, 0.5) is 4.79 Å². The summed E-state index contributed by atoms with van der Waals surface area (Å²) in [5, 5.41) is 23.9. The first-order chi connectivity index (χ1) is 15.0. The van der Waals surface area contributed by atoms with Crippen LogP contribution in [0.3, 0.4) is 0 Å². The zero-order valence-corrected chi connectivity index (χ0v) is 19.6. The number of aromatic nitrogens is 1. The minimum absolute atomic E-state index is 0.0792. The first-order valence-corrected chi connectivity index (χ1v) is 10.8. The zero-order valence-electron chi connectivity index (χ0n) is 19.6. The topological polar surface area (TPSA) is 110 Å². The highest BCUT2D eigenvalue weighted by molar-refractivity contribution is 6.05. The molecule has 0 spiro atoms. The Hall–Kier alpha value is -3.16. The lowest BCUT2D eigenvalue weighted by atomic mass is 9.88. The molecule has 8 nitrogen and oxygen atoms in total. The Morgan fingerprint density at radius 3 is 2.19 bits per heavy atom. The van der Waals surface area contributed by atoms with Crippen LogP contribution < -0.4 is 10.2 Å². The molecule has 1 aromatic carbocycles. The lowest BCUT2D eigenvalue weighted by molar-refractivity contribution is 0.0465. The summed E-state index contributed by atoms with van der Waals surface area (Å²) in [4.78, 5) is 31.4. The van der Waals surface area contributed by atoms with Gasteiger partial charge in [0.2, 0.25) is 11.8 Å². The van der Waals surface area contributed by atoms with Crippen LogP contribution in [-0.2, 0) is 11.3 Å². The average Bonchev–Trinajstić information content (AvgIpc) is 2.93. The number of nitrogens with one attached hydrogen (secondary N) is 1. The maximum absolute atomic E-state index is 13.5. The van der Waals surface area contributed by atoms with Gasteiger partial charge < -0.3 is 25.1 Å². The largest absolute Gasteiger partial charge is 0.492 e. The fraction of sp³-hybridized carbons (Fsp3) is 0.500. The van der Waals surface area contributed by atoms with Crippen molar-refractivity contribution in [3.8, 4) is 11.8 Å². The molecule has 1 unspecified atom stereocenters. The van der Waals surface area contributed by atoms with Crippen LogP contribution in [0.1, 0.15) is 68.9 Å². The number of amides is 1. The van der Waals surface area contributed by atoms with E-state index in [1.54, 1.807) is 20.8 Å². The number of ketones is 1. The third-order valence-corrected chi connectivity index (χ3v) is 5.24. The van der Waals surface area contributed by atoms with Crippen LogP contribution in [0.2, 0.25) is 0 Å². The van der Waals surface area contributed by atoms with Crippen molar-refractivity contribution in [3.05, 3.63) is 47.0 Å². The SMILES string of the molecule is CCC(CC)C(NC(=O)OC(C)(C)C)C(=O)c1c(C)c(O)n(OCc2ccccc2)c1O. The molecular formula is C24H34N2O6. The van der Waals surface area contributed by atoms with Gasteiger partial charge in [0.15, 0.2) is 5.78 Å². The Kier molecular flexibility index (Phi) is 8.19. The molecule has 3 N–H and O–H groups in total. The summed E-state index contributed by atoms with van der Waals surface area (Å²) in [5.41, 5.74) is 0.175. The third kappa shape index (κ3) is 5.96. The molecule has 0 saturated carbocycles. The molecule has 0 fully saturated rings. The van der Waals surface area contributed by atoms with E-state index in [1.807, 2.05) is 44.2 Å². The highest BCUT2D eigenvalue weighted by Gasteiger charge is 2.36. The number of ether oxygens (including phenoxy) is 1. The standard InChI is InChI=1S/C24H34N2O6/c1-7-17(8-2)19(25-23(30)32-24(4,5)6)20(27)18-15(3)21(28)26(22(18)29)31-14-16-12-10-9-11-13-16/h9-13,17,19,28-29H,7-8,14H2,1-6H3,(H,25,30). The van der Waals surface area contributed by atoms with Gasteiger partial charge in [0.25, 0.3) is 0 Å². The van der Waals surface area contributed by atoms with Gasteiger partial charge in [0, 0.05) is 5.56 Å². The molecule has 0 radical (unpaired) electrons. The summed E-state index contributed by atoms with van der Waals surface area (Å²) in [7, 11) is 0. The number of nitrogens with zero attached hydrogens (tertiary/aromatic N) is 1. The van der Waals surface area contributed by atoms with Crippen LogP contribution >= 0.6 is 0 Å². The number of rotatable bonds is 9. The lowest BCUT2D eigenvalue weighted by Gasteiger charge is -2.27. The van der Waals surface area contributed by atoms with Gasteiger partial charge in [-0.15, -0.1) is 4.73 Å². The van der Waals surface area contributed by atoms with Gasteiger partial charge in [-0.25, -0.2) is 4.79 Å². The fourth-order valence-corrected chi connectivity index (χ4v) is 3.51. The van der Waals surface area contributed by atoms with Gasteiger partial charge in [0.1, 0.15) is 12.2 Å². The maximum atomic E-state index is 13.5. The van der Waals surface area contributed by atoms with Crippen LogP contribution in [0.15, 0.2) is 30.3 Å². The average molecular weight is 447 g/mol. The fourth-order valence-electron chi connectivity index (χ4n) is 3.51. The number of benzene rings is 1. The Labute approximate surface area is 189 Å². The van der Waals surface area contributed by atoms with Gasteiger partial charge in [-0.1, -0.05) is 57.0 Å². The molecule has 8 heteroatoms. The molecule has 0 aliphatic heterocycles. The Balaban J connectivity index is 2.35. The molecule has 0 aliphatic carbocycles. The summed E-state index contributed by atoms with van der Waals surface area (Å²) >= 11 is 0. The van der Waals surface area contributed by atoms with E-state index in [0.29, 0.717) is 12.8 Å². The normalized spacial score (nSPS) is 12.5. The second-order valence-corrected chi connectivity index (χ2v) is 8.77. The predicted octanol–water partition coefficient (Wildman–Crippen LogP) is 4.35. The van der Waals surface area contributed by atoms with Crippen molar-refractivity contribution >= 4 is 11.9 Å². The molecule has 2 aromatic rings. The number of hydrogen-bond acceptors (Lipinski definition) is 6. The smallest absolute Gasteiger partial charge is 0.408 e. The molecular weight excluding hydrogens is 412 g/mol. The van der Waals surface area contributed by atoms with E-state index < -0.39 is 29.4 Å². The predicted molar refractivity (Wildman–Crippen MR) is 121 cm³/mol. The Morgan fingerprint density at radius 1 is 1.06 bits per heavy atom. The first kappa shape index (κ1) is 25.1. The minimum atomic E-state index is -0.936. The van der Waals surface area contributed by atoms with Gasteiger partial charge in [-0.2, -0.15) is 0 Å². The molecule has 1 amide bonds. The molecule has 176 valence electrons. The van der Waals surface area contributed by atoms with E-state index in [-0.39, 0.29) is 29.5 Å². The summed E-state index contributed by atoms with van der Waals surface area (Å²) in [6, 6.07) is 8.29. The summed E-state index contributed by atoms with van der Waals surface area (Å²) in [6.07, 6.45) is 0.531. The highest BCUT2D eigenvalue weighted by Crippen LogP contribution is 2.34. The van der Waals surface area contributed by atoms with Gasteiger partial charge >= 0.3 is 6.09 Å². The number of carbonyl (C=O) groups excluding carboxylic acids is 2. The second-order valence-electron chi connectivity index (χ2n) is 8.77. The highest BCUT2D eigenvalue weighted by atomic mass is 16.7. The number of Topliss-reactive ketones (excluding diaryl/α,β-unsaturated/α-hetero) is 1. The molecule has 2 rings (SSSR count). The van der Waals surface area contributed by atoms with E-state index in [0.717, 1.165) is 10.3 Å². The van der Waals surface area contributed by atoms with E-state index >= 15 is 0 Å². The number of alkyl carbamates (subject to hydrolysis) is 1. The second kappa shape index (κ2) is 10.4. The first-order valence-electron chi connectivity index (χ1n) is 10.8. The zero-order chi connectivity index (χ0) is 24.1. The summed E-state index contributed by atoms with van der Waals surface area (Å²) in [5.74, 6) is -1.59. The monoisotopic (exact) mass is 446 g/mol. The van der Waals surface area contributed by atoms with Gasteiger partial charge in [0.05, 0.1) is 11.6 Å². The maximum Gasteiger partial charge on any atom is 0.408 e. The molecule has 0 bridgehead atoms. The quantitative estimate of drug-likeness (QED) is 0.494. The van der Waals surface area contributed by atoms with E-state index in [9.17, 15) is 19.8 Å². The lowest BCUT2D eigenvalue weighted by Crippen LogP contribution is -2.47. The Bertz CT molecular complexity index is 926. The van der Waals surface area contributed by atoms with Crippen molar-refractivity contribution in [2.75, 3.05) is 0 Å². The molecule has 1 atom stereocenters. The van der Waals surface area contributed by atoms with Gasteiger partial charge in [-0.3, -0.25) is 4.79 Å². The number of aromatic hydroxyl groups is 2. The van der Waals surface area contributed by atoms with Crippen molar-refractivity contribution in [2.24, 2.45) is 5.92 Å². The van der Waals surface area contributed by atoms with Gasteiger partial charge in [-0.05, 0) is 39.2 Å². The Morgan fingerprint density at radius 2 is 1.66 bits per heavy atom. The van der Waals surface area contributed by atoms with Crippen molar-refractivity contribution in [2.45, 2.75) is 72.6 Å². The molecule has 1 aromatic heterocycles. The molecule has 0 aliphatic rings. The van der Waals surface area contributed by atoms with E-state index in [4.69, 9.17) is 9.57 Å². The minimum Gasteiger partial charge on any atom is -0.492 e. The van der Waals surface area contributed by atoms with Crippen molar-refractivity contribution < 1.29 is 29.4 Å². The third-order valence-electron chi connectivity index (χ3n) is 5.24. The number of hydrogen-bond donors (Lipinski definition) is 3. The molecule has 32 heavy (non-hydrogen) atoms. The van der Waals surface area contributed by atoms with E-state index in [2.05, 4.69) is 5.32 Å². The van der Waals surface area contributed by atoms with E-state index in [1.165, 1.54) is 6.92 Å². The van der Waals surface area contributed by atoms with Crippen LogP contribution in [0.5, 0.6) is 11.8 Å². The van der Waals surface area contributed by atoms with Crippen molar-refractivity contribution in [1.29, 1.82) is 0 Å². The molecule has 1 heterocycles. The molecule has 0 saturated heterocycles.